The molecule has 52 heavy (non-hydrogen) atoms. The molecule has 0 aliphatic carbocycles. The SMILES string of the molecule is CCCCCCCCCCC(=O)N[C@@H](Cc1ccc(O)cc1)C(=O)N[C@@H](Cc1cnc[nH]1)C(=O)N[C@@H](Cc1ccc(O)cc1)C(=O)NCCCCN. The van der Waals surface area contributed by atoms with E-state index in [4.69, 9.17) is 5.73 Å². The predicted molar refractivity (Wildman–Crippen MR) is 200 cm³/mol. The zero-order chi connectivity index (χ0) is 37.6. The van der Waals surface area contributed by atoms with Crippen molar-refractivity contribution in [2.24, 2.45) is 5.73 Å². The number of carbonyl (C=O) groups excluding carboxylic acids is 4. The summed E-state index contributed by atoms with van der Waals surface area (Å²) in [5.74, 6) is -1.69. The molecule has 0 fully saturated rings. The smallest absolute Gasteiger partial charge is 0.243 e. The molecule has 0 radical (unpaired) electrons. The quantitative estimate of drug-likeness (QED) is 0.0604. The molecule has 0 aliphatic heterocycles. The van der Waals surface area contributed by atoms with Gasteiger partial charge in [0.05, 0.1) is 6.33 Å². The predicted octanol–water partition coefficient (Wildman–Crippen LogP) is 3.69. The molecule has 9 N–H and O–H groups in total. The van der Waals surface area contributed by atoms with Crippen molar-refractivity contribution < 1.29 is 29.4 Å². The zero-order valence-corrected chi connectivity index (χ0v) is 30.4. The van der Waals surface area contributed by atoms with Gasteiger partial charge in [-0.1, -0.05) is 76.1 Å². The van der Waals surface area contributed by atoms with E-state index in [1.54, 1.807) is 30.5 Å². The Kier molecular flexibility index (Phi) is 18.8. The van der Waals surface area contributed by atoms with Crippen molar-refractivity contribution in [3.63, 3.8) is 0 Å². The zero-order valence-electron chi connectivity index (χ0n) is 30.4. The van der Waals surface area contributed by atoms with Crippen molar-refractivity contribution in [3.8, 4) is 11.5 Å². The summed E-state index contributed by atoms with van der Waals surface area (Å²) in [6.07, 6.45) is 13.7. The number of phenols is 2. The number of aromatic amines is 1. The number of H-pyrrole nitrogens is 1. The number of aromatic hydroxyl groups is 2. The van der Waals surface area contributed by atoms with Gasteiger partial charge < -0.3 is 42.2 Å². The Morgan fingerprint density at radius 3 is 1.71 bits per heavy atom. The number of nitrogens with two attached hydrogens (primary N) is 1. The Morgan fingerprint density at radius 1 is 0.673 bits per heavy atom. The summed E-state index contributed by atoms with van der Waals surface area (Å²) < 4.78 is 0. The third-order valence-corrected chi connectivity index (χ3v) is 8.84. The fraction of sp³-hybridized carbons (Fsp3) is 0.513. The van der Waals surface area contributed by atoms with Crippen LogP contribution in [0.3, 0.4) is 0 Å². The highest BCUT2D eigenvalue weighted by Gasteiger charge is 2.30. The Balaban J connectivity index is 1.75. The molecule has 1 aromatic heterocycles. The molecule has 3 rings (SSSR count). The first kappa shape index (κ1) is 41.5. The van der Waals surface area contributed by atoms with Crippen LogP contribution in [-0.2, 0) is 38.4 Å². The largest absolute Gasteiger partial charge is 0.508 e. The fourth-order valence-electron chi connectivity index (χ4n) is 5.81. The topological polar surface area (TPSA) is 212 Å². The number of aromatic nitrogens is 2. The Bertz CT molecular complexity index is 1480. The number of hydrogen-bond donors (Lipinski definition) is 8. The molecular weight excluding hydrogens is 662 g/mol. The molecule has 3 atom stereocenters. The highest BCUT2D eigenvalue weighted by Crippen LogP contribution is 2.15. The molecule has 0 saturated heterocycles. The minimum absolute atomic E-state index is 0.0414. The number of nitrogens with one attached hydrogen (secondary N) is 5. The van der Waals surface area contributed by atoms with Crippen LogP contribution in [0.4, 0.5) is 0 Å². The second-order valence-electron chi connectivity index (χ2n) is 13.3. The van der Waals surface area contributed by atoms with Crippen LogP contribution in [0.15, 0.2) is 61.1 Å². The molecule has 0 aliphatic rings. The maximum atomic E-state index is 14.0. The molecule has 284 valence electrons. The van der Waals surface area contributed by atoms with E-state index in [-0.39, 0.29) is 43.1 Å². The van der Waals surface area contributed by atoms with Crippen LogP contribution in [0.1, 0.15) is 94.4 Å². The van der Waals surface area contributed by atoms with E-state index in [1.165, 1.54) is 56.3 Å². The van der Waals surface area contributed by atoms with Crippen molar-refractivity contribution in [1.29, 1.82) is 0 Å². The van der Waals surface area contributed by atoms with Crippen LogP contribution in [0.2, 0.25) is 0 Å². The molecule has 3 aromatic rings. The summed E-state index contributed by atoms with van der Waals surface area (Å²) in [7, 11) is 0. The standard InChI is InChI=1S/C39H57N7O6/c1-2-3-4-5-6-7-8-9-12-36(49)44-34(24-29-15-19-32(48)20-16-29)38(51)46-35(25-30-26-41-27-43-30)39(52)45-33(37(50)42-22-11-10-21-40)23-28-13-17-31(47)18-14-28/h13-20,26-27,33-35,47-48H,2-12,21-25,40H2,1H3,(H,41,43)(H,42,50)(H,44,49)(H,45,52)(H,46,51)/t33-,34-,35-/m0/s1. The van der Waals surface area contributed by atoms with Gasteiger partial charge in [-0.2, -0.15) is 0 Å². The number of benzene rings is 2. The number of phenolic OH excluding ortho intramolecular Hbond substituents is 2. The van der Waals surface area contributed by atoms with Crippen LogP contribution < -0.4 is 27.0 Å². The Morgan fingerprint density at radius 2 is 1.19 bits per heavy atom. The van der Waals surface area contributed by atoms with Crippen molar-refractivity contribution in [2.45, 2.75) is 115 Å². The van der Waals surface area contributed by atoms with E-state index in [0.29, 0.717) is 42.8 Å². The monoisotopic (exact) mass is 719 g/mol. The molecule has 0 spiro atoms. The lowest BCUT2D eigenvalue weighted by molar-refractivity contribution is -0.133. The first-order valence-electron chi connectivity index (χ1n) is 18.6. The molecule has 2 aromatic carbocycles. The van der Waals surface area contributed by atoms with Gasteiger partial charge in [-0.15, -0.1) is 0 Å². The molecule has 13 nitrogen and oxygen atoms in total. The number of carbonyl (C=O) groups is 4. The fourth-order valence-corrected chi connectivity index (χ4v) is 5.81. The minimum Gasteiger partial charge on any atom is -0.508 e. The molecule has 4 amide bonds. The average Bonchev–Trinajstić information content (AvgIpc) is 3.65. The van der Waals surface area contributed by atoms with Crippen molar-refractivity contribution in [1.82, 2.24) is 31.2 Å². The number of nitrogens with zero attached hydrogens (tertiary/aromatic N) is 1. The highest BCUT2D eigenvalue weighted by atomic mass is 16.3. The summed E-state index contributed by atoms with van der Waals surface area (Å²) in [6, 6.07) is 9.59. The number of rotatable bonds is 25. The number of hydrogen-bond acceptors (Lipinski definition) is 8. The van der Waals surface area contributed by atoms with E-state index in [2.05, 4.69) is 38.2 Å². The summed E-state index contributed by atoms with van der Waals surface area (Å²) in [6.45, 7) is 3.06. The van der Waals surface area contributed by atoms with Crippen LogP contribution in [0.5, 0.6) is 11.5 Å². The van der Waals surface area contributed by atoms with Gasteiger partial charge in [0.1, 0.15) is 29.6 Å². The van der Waals surface area contributed by atoms with Crippen molar-refractivity contribution in [3.05, 3.63) is 77.9 Å². The van der Waals surface area contributed by atoms with Gasteiger partial charge in [-0.05, 0) is 61.2 Å². The van der Waals surface area contributed by atoms with Crippen LogP contribution in [-0.4, -0.2) is 75.0 Å². The van der Waals surface area contributed by atoms with E-state index in [1.807, 2.05) is 0 Å². The Hall–Kier alpha value is -4.91. The first-order chi connectivity index (χ1) is 25.2. The Labute approximate surface area is 307 Å². The lowest BCUT2D eigenvalue weighted by Gasteiger charge is -2.25. The molecule has 0 saturated carbocycles. The lowest BCUT2D eigenvalue weighted by Crippen LogP contribution is -2.58. The highest BCUT2D eigenvalue weighted by molar-refractivity contribution is 5.94. The van der Waals surface area contributed by atoms with Gasteiger partial charge in [-0.25, -0.2) is 4.98 Å². The van der Waals surface area contributed by atoms with Crippen LogP contribution in [0.25, 0.3) is 0 Å². The third kappa shape index (κ3) is 16.0. The lowest BCUT2D eigenvalue weighted by atomic mass is 10.0. The molecule has 0 bridgehead atoms. The summed E-state index contributed by atoms with van der Waals surface area (Å²) in [5.41, 5.74) is 7.59. The van der Waals surface area contributed by atoms with Crippen LogP contribution in [0, 0.1) is 0 Å². The third-order valence-electron chi connectivity index (χ3n) is 8.84. The van der Waals surface area contributed by atoms with E-state index >= 15 is 0 Å². The second kappa shape index (κ2) is 23.5. The van der Waals surface area contributed by atoms with Crippen molar-refractivity contribution >= 4 is 23.6 Å². The maximum absolute atomic E-state index is 14.0. The molecule has 1 heterocycles. The number of imidazole rings is 1. The average molecular weight is 720 g/mol. The maximum Gasteiger partial charge on any atom is 0.243 e. The number of amides is 4. The van der Waals surface area contributed by atoms with Gasteiger partial charge in [0.25, 0.3) is 0 Å². The van der Waals surface area contributed by atoms with Crippen molar-refractivity contribution in [2.75, 3.05) is 13.1 Å². The van der Waals surface area contributed by atoms with Gasteiger partial charge in [-0.3, -0.25) is 19.2 Å². The summed E-state index contributed by atoms with van der Waals surface area (Å²) in [4.78, 5) is 61.4. The minimum atomic E-state index is -1.13. The molecular formula is C39H57N7O6. The van der Waals surface area contributed by atoms with Gasteiger partial charge in [0, 0.05) is 44.1 Å². The first-order valence-corrected chi connectivity index (χ1v) is 18.6. The van der Waals surface area contributed by atoms with Crippen LogP contribution >= 0.6 is 0 Å². The number of unbranched alkanes of at least 4 members (excludes halogenated alkanes) is 8. The van der Waals surface area contributed by atoms with E-state index in [0.717, 1.165) is 25.7 Å². The van der Waals surface area contributed by atoms with Gasteiger partial charge in [0.2, 0.25) is 23.6 Å². The van der Waals surface area contributed by atoms with Gasteiger partial charge >= 0.3 is 0 Å². The molecule has 0 unspecified atom stereocenters. The second-order valence-corrected chi connectivity index (χ2v) is 13.3. The van der Waals surface area contributed by atoms with E-state index < -0.39 is 35.8 Å². The molecule has 13 heteroatoms. The normalized spacial score (nSPS) is 12.7. The summed E-state index contributed by atoms with van der Waals surface area (Å²) >= 11 is 0. The summed E-state index contributed by atoms with van der Waals surface area (Å²) in [5, 5.41) is 30.9. The van der Waals surface area contributed by atoms with E-state index in [9.17, 15) is 29.4 Å². The van der Waals surface area contributed by atoms with Gasteiger partial charge in [0.15, 0.2) is 0 Å².